The van der Waals surface area contributed by atoms with E-state index in [4.69, 9.17) is 10.5 Å². The van der Waals surface area contributed by atoms with Crippen molar-refractivity contribution in [1.29, 1.82) is 0 Å². The van der Waals surface area contributed by atoms with Gasteiger partial charge in [-0.15, -0.1) is 0 Å². The van der Waals surface area contributed by atoms with Crippen molar-refractivity contribution in [3.05, 3.63) is 40.7 Å². The fraction of sp³-hybridized carbons (Fsp3) is 0.429. The first-order valence-electron chi connectivity index (χ1n) is 5.92. The maximum atomic E-state index is 14.0. The van der Waals surface area contributed by atoms with Crippen molar-refractivity contribution in [3.8, 4) is 0 Å². The second kappa shape index (κ2) is 4.98. The summed E-state index contributed by atoms with van der Waals surface area (Å²) >= 11 is 0. The summed E-state index contributed by atoms with van der Waals surface area (Å²) in [5.74, 6) is -0.184. The van der Waals surface area contributed by atoms with Crippen LogP contribution in [0.5, 0.6) is 0 Å². The summed E-state index contributed by atoms with van der Waals surface area (Å²) in [6.45, 7) is 5.08. The lowest BCUT2D eigenvalue weighted by molar-refractivity contribution is 0.161. The van der Waals surface area contributed by atoms with Gasteiger partial charge in [-0.3, -0.25) is 0 Å². The lowest BCUT2D eigenvalue weighted by Crippen LogP contribution is -2.10. The summed E-state index contributed by atoms with van der Waals surface area (Å²) in [5.41, 5.74) is 9.46. The Hall–Kier alpha value is -1.19. The average Bonchev–Trinajstić information content (AvgIpc) is 2.32. The van der Waals surface area contributed by atoms with Gasteiger partial charge in [0.25, 0.3) is 0 Å². The van der Waals surface area contributed by atoms with Crippen LogP contribution in [0.15, 0.2) is 18.2 Å². The van der Waals surface area contributed by atoms with Gasteiger partial charge in [-0.25, -0.2) is 4.39 Å². The van der Waals surface area contributed by atoms with Gasteiger partial charge in [0.1, 0.15) is 5.82 Å². The number of nitrogens with two attached hydrogens (primary N) is 1. The Morgan fingerprint density at radius 3 is 2.76 bits per heavy atom. The number of benzene rings is 1. The Morgan fingerprint density at radius 1 is 1.41 bits per heavy atom. The lowest BCUT2D eigenvalue weighted by Gasteiger charge is -2.17. The summed E-state index contributed by atoms with van der Waals surface area (Å²) in [6, 6.07) is 3.32. The van der Waals surface area contributed by atoms with Crippen molar-refractivity contribution in [1.82, 2.24) is 0 Å². The predicted molar refractivity (Wildman–Crippen MR) is 67.2 cm³/mol. The van der Waals surface area contributed by atoms with E-state index in [1.165, 1.54) is 0 Å². The van der Waals surface area contributed by atoms with Crippen LogP contribution in [0.3, 0.4) is 0 Å². The minimum Gasteiger partial charge on any atom is -0.377 e. The van der Waals surface area contributed by atoms with Crippen molar-refractivity contribution >= 4 is 5.57 Å². The molecule has 17 heavy (non-hydrogen) atoms. The van der Waals surface area contributed by atoms with Gasteiger partial charge < -0.3 is 10.5 Å². The zero-order chi connectivity index (χ0) is 12.4. The van der Waals surface area contributed by atoms with Crippen LogP contribution in [0.4, 0.5) is 4.39 Å². The van der Waals surface area contributed by atoms with Crippen molar-refractivity contribution in [2.75, 3.05) is 13.2 Å². The molecule has 0 spiro atoms. The Kier molecular flexibility index (Phi) is 3.60. The predicted octanol–water partition coefficient (Wildman–Crippen LogP) is 2.96. The summed E-state index contributed by atoms with van der Waals surface area (Å²) in [7, 11) is 0. The second-order valence-corrected chi connectivity index (χ2v) is 4.53. The Bertz CT molecular complexity index is 452. The third-order valence-corrected chi connectivity index (χ3v) is 3.16. The first-order valence-corrected chi connectivity index (χ1v) is 5.92. The fourth-order valence-corrected chi connectivity index (χ4v) is 2.21. The van der Waals surface area contributed by atoms with Crippen molar-refractivity contribution in [2.24, 2.45) is 5.73 Å². The van der Waals surface area contributed by atoms with E-state index in [0.717, 1.165) is 23.1 Å². The van der Waals surface area contributed by atoms with Gasteiger partial charge >= 0.3 is 0 Å². The highest BCUT2D eigenvalue weighted by Gasteiger charge is 2.14. The Morgan fingerprint density at radius 2 is 2.18 bits per heavy atom. The van der Waals surface area contributed by atoms with Gasteiger partial charge in [0, 0.05) is 11.6 Å². The van der Waals surface area contributed by atoms with E-state index in [9.17, 15) is 4.39 Å². The minimum atomic E-state index is -0.184. The first kappa shape index (κ1) is 12.3. The largest absolute Gasteiger partial charge is 0.377 e. The summed E-state index contributed by atoms with van der Waals surface area (Å²) in [4.78, 5) is 0. The zero-order valence-corrected chi connectivity index (χ0v) is 10.3. The molecule has 0 aromatic heterocycles. The number of ether oxygens (including phenoxy) is 1. The highest BCUT2D eigenvalue weighted by Crippen LogP contribution is 2.28. The summed E-state index contributed by atoms with van der Waals surface area (Å²) < 4.78 is 19.3. The molecule has 0 aliphatic carbocycles. The average molecular weight is 235 g/mol. The highest BCUT2D eigenvalue weighted by molar-refractivity contribution is 5.67. The van der Waals surface area contributed by atoms with Crippen LogP contribution >= 0.6 is 0 Å². The van der Waals surface area contributed by atoms with Crippen LogP contribution in [0.2, 0.25) is 0 Å². The van der Waals surface area contributed by atoms with E-state index in [-0.39, 0.29) is 11.9 Å². The smallest absolute Gasteiger partial charge is 0.131 e. The molecule has 0 unspecified atom stereocenters. The molecule has 0 saturated carbocycles. The van der Waals surface area contributed by atoms with Gasteiger partial charge in [0.2, 0.25) is 0 Å². The molecular formula is C14H18FNO. The summed E-state index contributed by atoms with van der Waals surface area (Å²) in [6.07, 6.45) is 2.72. The normalized spacial score (nSPS) is 17.8. The first-order chi connectivity index (χ1) is 8.09. The minimum absolute atomic E-state index is 0.137. The van der Waals surface area contributed by atoms with E-state index >= 15 is 0 Å². The van der Waals surface area contributed by atoms with Crippen molar-refractivity contribution < 1.29 is 9.13 Å². The van der Waals surface area contributed by atoms with Crippen molar-refractivity contribution in [3.63, 3.8) is 0 Å². The van der Waals surface area contributed by atoms with Crippen LogP contribution < -0.4 is 5.73 Å². The number of hydrogen-bond acceptors (Lipinski definition) is 2. The van der Waals surface area contributed by atoms with E-state index in [1.807, 2.05) is 26.0 Å². The molecule has 2 nitrogen and oxygen atoms in total. The summed E-state index contributed by atoms with van der Waals surface area (Å²) in [5, 5.41) is 0. The topological polar surface area (TPSA) is 35.2 Å². The maximum absolute atomic E-state index is 14.0. The Labute approximate surface area is 101 Å². The molecule has 1 aromatic carbocycles. The van der Waals surface area contributed by atoms with Gasteiger partial charge in [-0.1, -0.05) is 6.08 Å². The number of rotatable bonds is 2. The van der Waals surface area contributed by atoms with E-state index < -0.39 is 0 Å². The maximum Gasteiger partial charge on any atom is 0.131 e. The number of hydrogen-bond donors (Lipinski definition) is 1. The molecule has 2 N–H and O–H groups in total. The van der Waals surface area contributed by atoms with Gasteiger partial charge in [0.15, 0.2) is 0 Å². The molecule has 3 heteroatoms. The monoisotopic (exact) mass is 235 g/mol. The van der Waals surface area contributed by atoms with Crippen LogP contribution in [0, 0.1) is 12.7 Å². The van der Waals surface area contributed by atoms with Crippen molar-refractivity contribution in [2.45, 2.75) is 26.3 Å². The molecule has 1 atom stereocenters. The highest BCUT2D eigenvalue weighted by atomic mass is 19.1. The quantitative estimate of drug-likeness (QED) is 0.855. The van der Waals surface area contributed by atoms with Gasteiger partial charge in [0.05, 0.1) is 13.2 Å². The molecule has 0 fully saturated rings. The van der Waals surface area contributed by atoms with E-state index in [0.29, 0.717) is 18.8 Å². The number of halogens is 1. The molecule has 1 aliphatic heterocycles. The molecule has 92 valence electrons. The molecule has 1 aromatic rings. The zero-order valence-electron chi connectivity index (χ0n) is 10.3. The third kappa shape index (κ3) is 2.56. The van der Waals surface area contributed by atoms with E-state index in [2.05, 4.69) is 0 Å². The molecule has 1 aliphatic rings. The van der Waals surface area contributed by atoms with E-state index in [1.54, 1.807) is 6.07 Å². The van der Waals surface area contributed by atoms with Gasteiger partial charge in [-0.05, 0) is 49.1 Å². The molecular weight excluding hydrogens is 217 g/mol. The van der Waals surface area contributed by atoms with Gasteiger partial charge in [-0.2, -0.15) is 0 Å². The molecule has 1 heterocycles. The molecule has 0 radical (unpaired) electrons. The SMILES string of the molecule is Cc1cc(C2=CCOCC2)c(F)cc1[C@@H](C)N. The second-order valence-electron chi connectivity index (χ2n) is 4.53. The fourth-order valence-electron chi connectivity index (χ4n) is 2.21. The third-order valence-electron chi connectivity index (χ3n) is 3.16. The number of aryl methyl sites for hydroxylation is 1. The van der Waals surface area contributed by atoms with Crippen LogP contribution in [0.1, 0.15) is 36.1 Å². The van der Waals surface area contributed by atoms with Crippen LogP contribution in [-0.2, 0) is 4.74 Å². The molecule has 0 bridgehead atoms. The molecule has 0 amide bonds. The Balaban J connectivity index is 2.42. The molecule has 0 saturated heterocycles. The van der Waals surface area contributed by atoms with Crippen LogP contribution in [0.25, 0.3) is 5.57 Å². The standard InChI is InChI=1S/C14H18FNO/c1-9-7-13(11-3-5-17-6-4-11)14(15)8-12(9)10(2)16/h3,7-8,10H,4-6,16H2,1-2H3/t10-/m1/s1. The van der Waals surface area contributed by atoms with Crippen LogP contribution in [-0.4, -0.2) is 13.2 Å². The molecule has 2 rings (SSSR count). The lowest BCUT2D eigenvalue weighted by atomic mass is 9.94.